The molecule has 1 nitrogen and oxygen atoms in total. The Bertz CT molecular complexity index is 594. The number of benzene rings is 2. The molecule has 0 spiro atoms. The minimum absolute atomic E-state index is 0.466. The summed E-state index contributed by atoms with van der Waals surface area (Å²) in [5, 5.41) is 1.95. The van der Waals surface area contributed by atoms with E-state index in [1.54, 1.807) is 6.07 Å². The van der Waals surface area contributed by atoms with Crippen LogP contribution < -0.4 is 4.74 Å². The molecule has 0 bridgehead atoms. The Morgan fingerprint density at radius 3 is 2.40 bits per heavy atom. The van der Waals surface area contributed by atoms with Crippen molar-refractivity contribution in [2.75, 3.05) is 5.33 Å². The van der Waals surface area contributed by atoms with Crippen molar-refractivity contribution in [2.24, 2.45) is 0 Å². The van der Waals surface area contributed by atoms with E-state index < -0.39 is 0 Å². The van der Waals surface area contributed by atoms with Crippen LogP contribution >= 0.6 is 39.1 Å². The van der Waals surface area contributed by atoms with Crippen LogP contribution in [-0.2, 0) is 6.61 Å². The number of alkyl halides is 1. The molecule has 2 aromatic carbocycles. The maximum Gasteiger partial charge on any atom is 0.119 e. The van der Waals surface area contributed by atoms with Gasteiger partial charge in [-0.05, 0) is 35.4 Å². The van der Waals surface area contributed by atoms with Gasteiger partial charge >= 0.3 is 0 Å². The third-order valence-corrected chi connectivity index (χ3v) is 3.78. The van der Waals surface area contributed by atoms with Gasteiger partial charge in [-0.15, -0.1) is 0 Å². The van der Waals surface area contributed by atoms with Crippen molar-refractivity contribution >= 4 is 45.2 Å². The lowest BCUT2D eigenvalue weighted by atomic mass is 10.2. The SMILES string of the molecule is Clc1ccc(COc2ccc(C=CCBr)cc2)cc1Cl. The van der Waals surface area contributed by atoms with E-state index in [2.05, 4.69) is 22.0 Å². The molecule has 2 aromatic rings. The molecule has 0 aliphatic heterocycles. The van der Waals surface area contributed by atoms with E-state index in [0.717, 1.165) is 22.2 Å². The average molecular weight is 372 g/mol. The second-order valence-corrected chi connectivity index (χ2v) is 5.62. The van der Waals surface area contributed by atoms with Crippen LogP contribution in [0.5, 0.6) is 5.75 Å². The Kier molecular flexibility index (Phi) is 5.96. The largest absolute Gasteiger partial charge is 0.489 e. The lowest BCUT2D eigenvalue weighted by Gasteiger charge is -2.07. The van der Waals surface area contributed by atoms with Crippen LogP contribution in [0.2, 0.25) is 10.0 Å². The van der Waals surface area contributed by atoms with Crippen molar-refractivity contribution in [1.82, 2.24) is 0 Å². The maximum absolute atomic E-state index is 5.97. The van der Waals surface area contributed by atoms with Crippen molar-refractivity contribution in [3.05, 3.63) is 69.7 Å². The zero-order chi connectivity index (χ0) is 14.4. The Morgan fingerprint density at radius 2 is 1.75 bits per heavy atom. The van der Waals surface area contributed by atoms with Crippen LogP contribution in [0.4, 0.5) is 0 Å². The van der Waals surface area contributed by atoms with Crippen LogP contribution in [0.15, 0.2) is 48.5 Å². The lowest BCUT2D eigenvalue weighted by Crippen LogP contribution is -1.95. The van der Waals surface area contributed by atoms with Crippen molar-refractivity contribution in [3.8, 4) is 5.75 Å². The van der Waals surface area contributed by atoms with E-state index in [1.807, 2.05) is 42.5 Å². The average Bonchev–Trinajstić information content (AvgIpc) is 2.47. The molecule has 2 rings (SSSR count). The van der Waals surface area contributed by atoms with E-state index >= 15 is 0 Å². The van der Waals surface area contributed by atoms with E-state index in [0.29, 0.717) is 16.7 Å². The molecule has 4 heteroatoms. The zero-order valence-electron chi connectivity index (χ0n) is 10.7. The van der Waals surface area contributed by atoms with E-state index in [1.165, 1.54) is 0 Å². The van der Waals surface area contributed by atoms with Crippen molar-refractivity contribution in [1.29, 1.82) is 0 Å². The molecular weight excluding hydrogens is 359 g/mol. The minimum atomic E-state index is 0.466. The first-order chi connectivity index (χ1) is 9.69. The van der Waals surface area contributed by atoms with Gasteiger partial charge in [-0.25, -0.2) is 0 Å². The fraction of sp³-hybridized carbons (Fsp3) is 0.125. The first-order valence-corrected chi connectivity index (χ1v) is 7.96. The molecule has 0 aliphatic carbocycles. The number of halogens is 3. The molecule has 0 saturated carbocycles. The van der Waals surface area contributed by atoms with Gasteiger partial charge in [0, 0.05) is 5.33 Å². The number of hydrogen-bond donors (Lipinski definition) is 0. The summed E-state index contributed by atoms with van der Waals surface area (Å²) in [6, 6.07) is 13.4. The fourth-order valence-corrected chi connectivity index (χ4v) is 2.16. The van der Waals surface area contributed by atoms with E-state index in [9.17, 15) is 0 Å². The summed E-state index contributed by atoms with van der Waals surface area (Å²) >= 11 is 15.2. The van der Waals surface area contributed by atoms with Crippen molar-refractivity contribution < 1.29 is 4.74 Å². The summed E-state index contributed by atoms with van der Waals surface area (Å²) in [6.07, 6.45) is 4.10. The molecule has 0 N–H and O–H groups in total. The van der Waals surface area contributed by atoms with Crippen molar-refractivity contribution in [2.45, 2.75) is 6.61 Å². The van der Waals surface area contributed by atoms with Gasteiger partial charge in [0.05, 0.1) is 10.0 Å². The molecule has 104 valence electrons. The Balaban J connectivity index is 1.96. The molecule has 20 heavy (non-hydrogen) atoms. The van der Waals surface area contributed by atoms with Crippen LogP contribution in [0, 0.1) is 0 Å². The molecule has 0 amide bonds. The summed E-state index contributed by atoms with van der Waals surface area (Å²) in [4.78, 5) is 0. The van der Waals surface area contributed by atoms with E-state index in [4.69, 9.17) is 27.9 Å². The second kappa shape index (κ2) is 7.72. The number of rotatable bonds is 5. The van der Waals surface area contributed by atoms with Crippen molar-refractivity contribution in [3.63, 3.8) is 0 Å². The highest BCUT2D eigenvalue weighted by atomic mass is 79.9. The smallest absolute Gasteiger partial charge is 0.119 e. The Labute approximate surface area is 137 Å². The summed E-state index contributed by atoms with van der Waals surface area (Å²) in [6.45, 7) is 0.466. The quantitative estimate of drug-likeness (QED) is 0.587. The zero-order valence-corrected chi connectivity index (χ0v) is 13.8. The van der Waals surface area contributed by atoms with Crippen LogP contribution in [-0.4, -0.2) is 5.33 Å². The van der Waals surface area contributed by atoms with Gasteiger partial charge in [0.2, 0.25) is 0 Å². The molecule has 0 saturated heterocycles. The molecule has 0 heterocycles. The van der Waals surface area contributed by atoms with Gasteiger partial charge in [0.15, 0.2) is 0 Å². The van der Waals surface area contributed by atoms with Crippen LogP contribution in [0.25, 0.3) is 6.08 Å². The predicted molar refractivity (Wildman–Crippen MR) is 90.1 cm³/mol. The molecular formula is C16H13BrCl2O. The Morgan fingerprint density at radius 1 is 1.00 bits per heavy atom. The highest BCUT2D eigenvalue weighted by molar-refractivity contribution is 9.09. The molecule has 0 atom stereocenters. The molecule has 0 unspecified atom stereocenters. The predicted octanol–water partition coefficient (Wildman–Crippen LogP) is 5.98. The minimum Gasteiger partial charge on any atom is -0.489 e. The fourth-order valence-electron chi connectivity index (χ4n) is 1.65. The van der Waals surface area contributed by atoms with Gasteiger partial charge in [-0.2, -0.15) is 0 Å². The summed E-state index contributed by atoms with van der Waals surface area (Å²) in [5.74, 6) is 0.826. The van der Waals surface area contributed by atoms with Gasteiger partial charge in [-0.1, -0.05) is 69.5 Å². The van der Waals surface area contributed by atoms with Gasteiger partial charge in [0.1, 0.15) is 12.4 Å². The first-order valence-electron chi connectivity index (χ1n) is 6.08. The number of hydrogen-bond acceptors (Lipinski definition) is 1. The van der Waals surface area contributed by atoms with Crippen LogP contribution in [0.3, 0.4) is 0 Å². The third-order valence-electron chi connectivity index (χ3n) is 2.67. The summed E-state index contributed by atoms with van der Waals surface area (Å²) < 4.78 is 5.71. The van der Waals surface area contributed by atoms with Gasteiger partial charge < -0.3 is 4.74 Å². The monoisotopic (exact) mass is 370 g/mol. The summed E-state index contributed by atoms with van der Waals surface area (Å²) in [5.41, 5.74) is 2.13. The topological polar surface area (TPSA) is 9.23 Å². The normalized spacial score (nSPS) is 10.9. The van der Waals surface area contributed by atoms with Gasteiger partial charge in [0.25, 0.3) is 0 Å². The van der Waals surface area contributed by atoms with Gasteiger partial charge in [-0.3, -0.25) is 0 Å². The summed E-state index contributed by atoms with van der Waals surface area (Å²) in [7, 11) is 0. The number of allylic oxidation sites excluding steroid dienone is 1. The third kappa shape index (κ3) is 4.55. The molecule has 0 radical (unpaired) electrons. The van der Waals surface area contributed by atoms with E-state index in [-0.39, 0.29) is 0 Å². The van der Waals surface area contributed by atoms with Crippen LogP contribution in [0.1, 0.15) is 11.1 Å². The molecule has 0 aromatic heterocycles. The first kappa shape index (κ1) is 15.4. The number of ether oxygens (including phenoxy) is 1. The second-order valence-electron chi connectivity index (χ2n) is 4.16. The highest BCUT2D eigenvalue weighted by Gasteiger charge is 2.00. The standard InChI is InChI=1S/C16H13BrCl2O/c17-9-1-2-12-3-6-14(7-4-12)20-11-13-5-8-15(18)16(19)10-13/h1-8,10H,9,11H2. The highest BCUT2D eigenvalue weighted by Crippen LogP contribution is 2.23. The molecule has 0 fully saturated rings. The lowest BCUT2D eigenvalue weighted by molar-refractivity contribution is 0.306. The molecule has 0 aliphatic rings. The maximum atomic E-state index is 5.97. The Hall–Kier alpha value is -0.960.